The maximum absolute atomic E-state index is 11.5. The molecule has 0 aromatic heterocycles. The molecule has 1 saturated heterocycles. The fraction of sp³-hybridized carbons (Fsp3) is 0.938. The molecule has 4 heteroatoms. The summed E-state index contributed by atoms with van der Waals surface area (Å²) in [5.41, 5.74) is -0.409. The molecule has 1 amide bonds. The molecule has 20 heavy (non-hydrogen) atoms. The number of ether oxygens (including phenoxy) is 1. The van der Waals surface area contributed by atoms with Crippen LogP contribution in [0.15, 0.2) is 0 Å². The summed E-state index contributed by atoms with van der Waals surface area (Å²) in [5.74, 6) is 0.802. The molecule has 1 N–H and O–H groups in total. The summed E-state index contributed by atoms with van der Waals surface area (Å²) in [6.45, 7) is 12.4. The zero-order valence-corrected chi connectivity index (χ0v) is 13.7. The summed E-state index contributed by atoms with van der Waals surface area (Å²) < 4.78 is 5.22. The van der Waals surface area contributed by atoms with Gasteiger partial charge in [-0.2, -0.15) is 0 Å². The Hall–Kier alpha value is -0.770. The van der Waals surface area contributed by atoms with Gasteiger partial charge in [0.1, 0.15) is 5.60 Å². The van der Waals surface area contributed by atoms with Gasteiger partial charge in [0.2, 0.25) is 0 Å². The van der Waals surface area contributed by atoms with Gasteiger partial charge in [-0.15, -0.1) is 0 Å². The molecule has 4 nitrogen and oxygen atoms in total. The summed E-state index contributed by atoms with van der Waals surface area (Å²) in [7, 11) is 0. The first-order valence-corrected chi connectivity index (χ1v) is 8.10. The van der Waals surface area contributed by atoms with Crippen LogP contribution in [0.1, 0.15) is 59.8 Å². The van der Waals surface area contributed by atoms with Gasteiger partial charge in [-0.3, -0.25) is 0 Å². The Kier molecular flexibility index (Phi) is 7.35. The van der Waals surface area contributed by atoms with Crippen LogP contribution in [0.4, 0.5) is 4.79 Å². The standard InChI is InChI=1S/C16H32N2O2/c1-5-11-18-12-7-9-14(13-18)8-6-10-17-15(19)20-16(2,3)4/h14H,5-13H2,1-4H3,(H,17,19). The first-order chi connectivity index (χ1) is 9.40. The number of rotatable bonds is 6. The van der Waals surface area contributed by atoms with Gasteiger partial charge in [0, 0.05) is 13.1 Å². The molecule has 118 valence electrons. The number of hydrogen-bond acceptors (Lipinski definition) is 3. The Morgan fingerprint density at radius 1 is 1.40 bits per heavy atom. The van der Waals surface area contributed by atoms with Crippen LogP contribution in [0.3, 0.4) is 0 Å². The van der Waals surface area contributed by atoms with Crippen LogP contribution in [0.5, 0.6) is 0 Å². The molecule has 1 heterocycles. The van der Waals surface area contributed by atoms with Crippen LogP contribution in [0.2, 0.25) is 0 Å². The number of amides is 1. The minimum Gasteiger partial charge on any atom is -0.444 e. The van der Waals surface area contributed by atoms with E-state index in [9.17, 15) is 4.79 Å². The maximum Gasteiger partial charge on any atom is 0.407 e. The minimum atomic E-state index is -0.409. The second-order valence-electron chi connectivity index (χ2n) is 6.88. The van der Waals surface area contributed by atoms with Crippen LogP contribution in [0, 0.1) is 5.92 Å². The highest BCUT2D eigenvalue weighted by Gasteiger charge is 2.19. The summed E-state index contributed by atoms with van der Waals surface area (Å²) >= 11 is 0. The van der Waals surface area contributed by atoms with Crippen molar-refractivity contribution >= 4 is 6.09 Å². The lowest BCUT2D eigenvalue weighted by molar-refractivity contribution is 0.0525. The van der Waals surface area contributed by atoms with E-state index >= 15 is 0 Å². The molecular formula is C16H32N2O2. The van der Waals surface area contributed by atoms with Crippen molar-refractivity contribution in [2.75, 3.05) is 26.2 Å². The van der Waals surface area contributed by atoms with Gasteiger partial charge in [0.25, 0.3) is 0 Å². The summed E-state index contributed by atoms with van der Waals surface area (Å²) in [4.78, 5) is 14.1. The maximum atomic E-state index is 11.5. The van der Waals surface area contributed by atoms with Gasteiger partial charge in [0.05, 0.1) is 0 Å². The average molecular weight is 284 g/mol. The molecule has 0 spiro atoms. The molecule has 0 aromatic carbocycles. The van der Waals surface area contributed by atoms with E-state index in [1.807, 2.05) is 20.8 Å². The first-order valence-electron chi connectivity index (χ1n) is 8.10. The summed E-state index contributed by atoms with van der Waals surface area (Å²) in [6.07, 6.45) is 5.86. The van der Waals surface area contributed by atoms with E-state index < -0.39 is 5.60 Å². The van der Waals surface area contributed by atoms with Crippen molar-refractivity contribution in [3.05, 3.63) is 0 Å². The summed E-state index contributed by atoms with van der Waals surface area (Å²) in [5, 5.41) is 2.84. The van der Waals surface area contributed by atoms with Crippen LogP contribution >= 0.6 is 0 Å². The van der Waals surface area contributed by atoms with Crippen molar-refractivity contribution in [3.63, 3.8) is 0 Å². The molecule has 1 aliphatic heterocycles. The normalized spacial score (nSPS) is 20.7. The van der Waals surface area contributed by atoms with Gasteiger partial charge >= 0.3 is 6.09 Å². The predicted octanol–water partition coefficient (Wildman–Crippen LogP) is 3.41. The lowest BCUT2D eigenvalue weighted by Crippen LogP contribution is -2.36. The zero-order chi connectivity index (χ0) is 15.0. The predicted molar refractivity (Wildman–Crippen MR) is 82.9 cm³/mol. The molecule has 0 aliphatic carbocycles. The van der Waals surface area contributed by atoms with Gasteiger partial charge in [-0.25, -0.2) is 4.79 Å². The summed E-state index contributed by atoms with van der Waals surface area (Å²) in [6, 6.07) is 0. The smallest absolute Gasteiger partial charge is 0.407 e. The number of carbonyl (C=O) groups is 1. The number of likely N-dealkylation sites (tertiary alicyclic amines) is 1. The van der Waals surface area contributed by atoms with Crippen molar-refractivity contribution in [3.8, 4) is 0 Å². The van der Waals surface area contributed by atoms with E-state index in [2.05, 4.69) is 17.1 Å². The second-order valence-corrected chi connectivity index (χ2v) is 6.88. The molecule has 1 fully saturated rings. The highest BCUT2D eigenvalue weighted by atomic mass is 16.6. The van der Waals surface area contributed by atoms with Crippen LogP contribution in [-0.2, 0) is 4.74 Å². The molecule has 1 unspecified atom stereocenters. The molecule has 0 saturated carbocycles. The van der Waals surface area contributed by atoms with Crippen LogP contribution < -0.4 is 5.32 Å². The Morgan fingerprint density at radius 3 is 2.80 bits per heavy atom. The Bertz CT molecular complexity index is 285. The Labute approximate surface area is 124 Å². The van der Waals surface area contributed by atoms with Gasteiger partial charge in [0.15, 0.2) is 0 Å². The van der Waals surface area contributed by atoms with E-state index in [-0.39, 0.29) is 6.09 Å². The highest BCUT2D eigenvalue weighted by Crippen LogP contribution is 2.20. The fourth-order valence-electron chi connectivity index (χ4n) is 2.80. The number of nitrogens with zero attached hydrogens (tertiary/aromatic N) is 1. The molecule has 0 bridgehead atoms. The van der Waals surface area contributed by atoms with E-state index in [1.165, 1.54) is 45.3 Å². The number of carbonyl (C=O) groups excluding carboxylic acids is 1. The molecule has 1 rings (SSSR count). The highest BCUT2D eigenvalue weighted by molar-refractivity contribution is 5.67. The van der Waals surface area contributed by atoms with Gasteiger partial charge < -0.3 is 15.0 Å². The zero-order valence-electron chi connectivity index (χ0n) is 13.7. The monoisotopic (exact) mass is 284 g/mol. The average Bonchev–Trinajstić information content (AvgIpc) is 2.33. The van der Waals surface area contributed by atoms with Crippen molar-refractivity contribution in [1.82, 2.24) is 10.2 Å². The SMILES string of the molecule is CCCN1CCCC(CCCNC(=O)OC(C)(C)C)C1. The third-order valence-corrected chi connectivity index (χ3v) is 3.60. The molecule has 0 radical (unpaired) electrons. The van der Waals surface area contributed by atoms with Gasteiger partial charge in [-0.1, -0.05) is 6.92 Å². The minimum absolute atomic E-state index is 0.297. The van der Waals surface area contributed by atoms with Crippen molar-refractivity contribution in [1.29, 1.82) is 0 Å². The third kappa shape index (κ3) is 7.73. The molecule has 1 atom stereocenters. The van der Waals surface area contributed by atoms with E-state index in [0.29, 0.717) is 0 Å². The molecule has 0 aromatic rings. The topological polar surface area (TPSA) is 41.6 Å². The molecular weight excluding hydrogens is 252 g/mol. The van der Waals surface area contributed by atoms with E-state index in [0.717, 1.165) is 18.9 Å². The van der Waals surface area contributed by atoms with E-state index in [1.54, 1.807) is 0 Å². The van der Waals surface area contributed by atoms with Crippen molar-refractivity contribution in [2.45, 2.75) is 65.4 Å². The van der Waals surface area contributed by atoms with Crippen LogP contribution in [0.25, 0.3) is 0 Å². The number of alkyl carbamates (subject to hydrolysis) is 1. The fourth-order valence-corrected chi connectivity index (χ4v) is 2.80. The molecule has 1 aliphatic rings. The lowest BCUT2D eigenvalue weighted by Gasteiger charge is -2.32. The Balaban J connectivity index is 2.10. The van der Waals surface area contributed by atoms with Crippen molar-refractivity contribution in [2.24, 2.45) is 5.92 Å². The van der Waals surface area contributed by atoms with Gasteiger partial charge in [-0.05, 0) is 71.9 Å². The first kappa shape index (κ1) is 17.3. The lowest BCUT2D eigenvalue weighted by atomic mass is 9.93. The van der Waals surface area contributed by atoms with E-state index in [4.69, 9.17) is 4.74 Å². The quantitative estimate of drug-likeness (QED) is 0.760. The Morgan fingerprint density at radius 2 is 2.15 bits per heavy atom. The number of nitrogens with one attached hydrogen (secondary N) is 1. The number of hydrogen-bond donors (Lipinski definition) is 1. The van der Waals surface area contributed by atoms with Crippen LogP contribution in [-0.4, -0.2) is 42.8 Å². The third-order valence-electron chi connectivity index (χ3n) is 3.60. The van der Waals surface area contributed by atoms with Crippen molar-refractivity contribution < 1.29 is 9.53 Å². The largest absolute Gasteiger partial charge is 0.444 e. The number of piperidine rings is 1. The second kappa shape index (κ2) is 8.50.